The summed E-state index contributed by atoms with van der Waals surface area (Å²) < 4.78 is 7.01. The molecular formula is C30H29Cl2N9O. The van der Waals surface area contributed by atoms with Gasteiger partial charge in [-0.25, -0.2) is 9.50 Å². The zero-order valence-corrected chi connectivity index (χ0v) is 24.3. The first-order valence-corrected chi connectivity index (χ1v) is 14.3. The highest BCUT2D eigenvalue weighted by Gasteiger charge is 2.21. The molecule has 2 saturated heterocycles. The van der Waals surface area contributed by atoms with Gasteiger partial charge in [0.2, 0.25) is 0 Å². The Balaban J connectivity index is 0.00000101. The van der Waals surface area contributed by atoms with Gasteiger partial charge < -0.3 is 10.2 Å². The van der Waals surface area contributed by atoms with E-state index in [0.29, 0.717) is 11.6 Å². The molecule has 7 rings (SSSR count). The van der Waals surface area contributed by atoms with Gasteiger partial charge in [0.15, 0.2) is 0 Å². The number of nitrogens with one attached hydrogen (secondary N) is 1. The van der Waals surface area contributed by atoms with Gasteiger partial charge in [-0.3, -0.25) is 9.58 Å². The Labute approximate surface area is 254 Å². The molecule has 2 aliphatic heterocycles. The minimum atomic E-state index is 0.397. The van der Waals surface area contributed by atoms with Gasteiger partial charge in [-0.15, -0.1) is 0 Å². The first-order valence-electron chi connectivity index (χ1n) is 13.7. The normalized spacial score (nSPS) is 15.6. The van der Waals surface area contributed by atoms with E-state index in [4.69, 9.17) is 4.98 Å². The van der Waals surface area contributed by atoms with Crippen molar-refractivity contribution in [3.05, 3.63) is 90.6 Å². The van der Waals surface area contributed by atoms with Crippen molar-refractivity contribution in [1.82, 2.24) is 34.6 Å². The number of anilines is 1. The second-order valence-corrected chi connectivity index (χ2v) is 10.8. The Kier molecular flexibility index (Phi) is 8.65. The summed E-state index contributed by atoms with van der Waals surface area (Å²) in [5.41, 5.74) is 6.62. The van der Waals surface area contributed by atoms with Crippen molar-refractivity contribution in [3.63, 3.8) is 0 Å². The van der Waals surface area contributed by atoms with E-state index < -0.39 is 0 Å². The fraction of sp³-hybridized carbons (Fsp3) is 0.267. The summed E-state index contributed by atoms with van der Waals surface area (Å²) in [6, 6.07) is 19.7. The molecular weight excluding hydrogens is 573 g/mol. The molecule has 0 unspecified atom stereocenters. The molecule has 0 aliphatic carbocycles. The van der Waals surface area contributed by atoms with Gasteiger partial charge in [-0.2, -0.15) is 19.3 Å². The predicted octanol–water partition coefficient (Wildman–Crippen LogP) is 4.91. The molecule has 42 heavy (non-hydrogen) atoms. The molecule has 0 bridgehead atoms. The van der Waals surface area contributed by atoms with Gasteiger partial charge in [0.1, 0.15) is 11.9 Å². The molecule has 10 nitrogen and oxygen atoms in total. The standard InChI is InChI=1S/C30H29N9.Cl2O/c31-13-25-15-35-39-20-24(26-16-34-38(21-26)27-17-32-18-27)12-28(30(25)39)23-6-7-29(33-14-23)37-10-8-36(9-11-37)19-22-4-2-1-3-5-22;1-3-2/h1-7,12,14-16,20-21,27,32H,8-11,17-19H2;. The third kappa shape index (κ3) is 5.97. The van der Waals surface area contributed by atoms with Crippen LogP contribution in [0.25, 0.3) is 27.8 Å². The van der Waals surface area contributed by atoms with Crippen LogP contribution in [0.3, 0.4) is 0 Å². The number of halogens is 2. The minimum Gasteiger partial charge on any atom is -0.354 e. The van der Waals surface area contributed by atoms with E-state index in [1.54, 1.807) is 10.7 Å². The van der Waals surface area contributed by atoms with E-state index in [9.17, 15) is 5.26 Å². The Morgan fingerprint density at radius 3 is 2.36 bits per heavy atom. The summed E-state index contributed by atoms with van der Waals surface area (Å²) in [5, 5.41) is 22.1. The average Bonchev–Trinajstić information content (AvgIpc) is 3.65. The van der Waals surface area contributed by atoms with Gasteiger partial charge >= 0.3 is 0 Å². The maximum atomic E-state index is 9.76. The molecule has 214 valence electrons. The van der Waals surface area contributed by atoms with Crippen LogP contribution in [0.5, 0.6) is 0 Å². The zero-order chi connectivity index (χ0) is 28.9. The van der Waals surface area contributed by atoms with Gasteiger partial charge in [-0.1, -0.05) is 30.3 Å². The lowest BCUT2D eigenvalue weighted by atomic mass is 10.0. The molecule has 2 fully saturated rings. The monoisotopic (exact) mass is 601 g/mol. The third-order valence-electron chi connectivity index (χ3n) is 7.81. The van der Waals surface area contributed by atoms with Crippen LogP contribution in [0.2, 0.25) is 0 Å². The number of benzene rings is 1. The van der Waals surface area contributed by atoms with Crippen molar-refractivity contribution in [2.75, 3.05) is 44.2 Å². The molecule has 0 saturated carbocycles. The van der Waals surface area contributed by atoms with Crippen molar-refractivity contribution in [2.45, 2.75) is 12.6 Å². The molecule has 0 amide bonds. The maximum absolute atomic E-state index is 9.76. The summed E-state index contributed by atoms with van der Waals surface area (Å²) >= 11 is 8.53. The van der Waals surface area contributed by atoms with Crippen LogP contribution in [0, 0.1) is 11.3 Å². The lowest BCUT2D eigenvalue weighted by Gasteiger charge is -2.35. The number of pyridine rings is 2. The summed E-state index contributed by atoms with van der Waals surface area (Å²) in [6.07, 6.45) is 9.50. The van der Waals surface area contributed by atoms with Crippen LogP contribution in [-0.2, 0) is 10.4 Å². The topological polar surface area (TPSA) is 99.5 Å². The van der Waals surface area contributed by atoms with Crippen LogP contribution in [0.4, 0.5) is 5.82 Å². The van der Waals surface area contributed by atoms with Crippen molar-refractivity contribution in [3.8, 4) is 28.3 Å². The molecule has 4 aromatic heterocycles. The number of piperazine rings is 1. The quantitative estimate of drug-likeness (QED) is 0.293. The highest BCUT2D eigenvalue weighted by Crippen LogP contribution is 2.33. The minimum absolute atomic E-state index is 0.397. The number of rotatable bonds is 6. The summed E-state index contributed by atoms with van der Waals surface area (Å²) in [7, 11) is 0. The van der Waals surface area contributed by atoms with Crippen LogP contribution in [0.15, 0.2) is 79.5 Å². The highest BCUT2D eigenvalue weighted by molar-refractivity contribution is 6.24. The number of nitrogens with zero attached hydrogens (tertiary/aromatic N) is 8. The van der Waals surface area contributed by atoms with Gasteiger partial charge in [0.25, 0.3) is 0 Å². The smallest absolute Gasteiger partial charge is 0.128 e. The second-order valence-electron chi connectivity index (χ2n) is 10.3. The van der Waals surface area contributed by atoms with Crippen LogP contribution >= 0.6 is 23.7 Å². The van der Waals surface area contributed by atoms with Gasteiger partial charge in [-0.05, 0) is 23.8 Å². The van der Waals surface area contributed by atoms with E-state index in [-0.39, 0.29) is 0 Å². The Bertz CT molecular complexity index is 1670. The summed E-state index contributed by atoms with van der Waals surface area (Å²) in [5.74, 6) is 0.981. The van der Waals surface area contributed by atoms with E-state index in [0.717, 1.165) is 79.4 Å². The molecule has 0 atom stereocenters. The van der Waals surface area contributed by atoms with Crippen molar-refractivity contribution in [2.24, 2.45) is 0 Å². The number of aromatic nitrogens is 5. The fourth-order valence-corrected chi connectivity index (χ4v) is 5.44. The number of nitriles is 1. The largest absolute Gasteiger partial charge is 0.354 e. The third-order valence-corrected chi connectivity index (χ3v) is 7.81. The van der Waals surface area contributed by atoms with Gasteiger partial charge in [0.05, 0.1) is 53.2 Å². The summed E-state index contributed by atoms with van der Waals surface area (Å²) in [6.45, 7) is 6.77. The van der Waals surface area contributed by atoms with E-state index in [2.05, 4.69) is 114 Å². The van der Waals surface area contributed by atoms with Crippen LogP contribution < -0.4 is 10.2 Å². The van der Waals surface area contributed by atoms with Crippen LogP contribution in [0.1, 0.15) is 17.2 Å². The van der Waals surface area contributed by atoms with E-state index >= 15 is 0 Å². The van der Waals surface area contributed by atoms with Crippen molar-refractivity contribution < 1.29 is 3.84 Å². The molecule has 0 radical (unpaired) electrons. The number of fused-ring (bicyclic) bond motifs is 1. The van der Waals surface area contributed by atoms with Gasteiger partial charge in [0, 0.05) is 86.7 Å². The van der Waals surface area contributed by atoms with Crippen molar-refractivity contribution in [1.29, 1.82) is 5.26 Å². The fourth-order valence-electron chi connectivity index (χ4n) is 5.44. The predicted molar refractivity (Wildman–Crippen MR) is 163 cm³/mol. The first-order chi connectivity index (χ1) is 20.7. The van der Waals surface area contributed by atoms with E-state index in [1.165, 1.54) is 5.56 Å². The molecule has 1 N–H and O–H groups in total. The Morgan fingerprint density at radius 2 is 1.69 bits per heavy atom. The molecule has 1 aromatic carbocycles. The summed E-state index contributed by atoms with van der Waals surface area (Å²) in [4.78, 5) is 9.70. The SMILES string of the molecule is ClOCl.N#Cc1cnn2cc(-c3cnn(C4CNC4)c3)cc(-c3ccc(N4CCN(Cc5ccccc5)CC4)nc3)c12. The lowest BCUT2D eigenvalue weighted by molar-refractivity contribution is 0.249. The maximum Gasteiger partial charge on any atom is 0.128 e. The molecule has 2 aliphatic rings. The number of hydrogen-bond acceptors (Lipinski definition) is 8. The highest BCUT2D eigenvalue weighted by atomic mass is 35.6. The first kappa shape index (κ1) is 28.2. The average molecular weight is 603 g/mol. The number of hydrogen-bond donors (Lipinski definition) is 1. The van der Waals surface area contributed by atoms with Crippen molar-refractivity contribution >= 4 is 35.1 Å². The second kappa shape index (κ2) is 12.9. The zero-order valence-electron chi connectivity index (χ0n) is 22.8. The molecule has 6 heterocycles. The van der Waals surface area contributed by atoms with Crippen LogP contribution in [-0.4, -0.2) is 68.5 Å². The Hall–Kier alpha value is -3.98. The molecule has 0 spiro atoms. The van der Waals surface area contributed by atoms with E-state index in [1.807, 2.05) is 23.3 Å². The molecule has 12 heteroatoms. The Morgan fingerprint density at radius 1 is 0.905 bits per heavy atom. The lowest BCUT2D eigenvalue weighted by Crippen LogP contribution is -2.46. The molecule has 5 aromatic rings.